The second-order valence-electron chi connectivity index (χ2n) is 5.96. The SMILES string of the molecule is C[C@H](NC(=O)c1ncc(Cc2ccccc2)[nH]1)C(=O)NC(C=O)CC(=O)O. The Labute approximate surface area is 155 Å². The summed E-state index contributed by atoms with van der Waals surface area (Å²) in [6.07, 6.45) is 1.93. The number of hydrogen-bond donors (Lipinski definition) is 4. The normalized spacial score (nSPS) is 12.6. The van der Waals surface area contributed by atoms with Crippen LogP contribution in [0.15, 0.2) is 36.5 Å². The molecule has 0 saturated carbocycles. The van der Waals surface area contributed by atoms with Gasteiger partial charge in [0.2, 0.25) is 5.91 Å². The molecular weight excluding hydrogens is 352 g/mol. The molecule has 27 heavy (non-hydrogen) atoms. The number of H-pyrrole nitrogens is 1. The van der Waals surface area contributed by atoms with Crippen molar-refractivity contribution in [3.63, 3.8) is 0 Å². The van der Waals surface area contributed by atoms with Gasteiger partial charge in [-0.1, -0.05) is 30.3 Å². The van der Waals surface area contributed by atoms with E-state index in [-0.39, 0.29) is 5.82 Å². The number of carbonyl (C=O) groups excluding carboxylic acids is 3. The van der Waals surface area contributed by atoms with Crippen molar-refractivity contribution in [2.24, 2.45) is 0 Å². The molecule has 0 saturated heterocycles. The average molecular weight is 372 g/mol. The topological polar surface area (TPSA) is 141 Å². The molecule has 2 atom stereocenters. The summed E-state index contributed by atoms with van der Waals surface area (Å²) in [5, 5.41) is 13.4. The zero-order chi connectivity index (χ0) is 19.8. The molecule has 1 unspecified atom stereocenters. The van der Waals surface area contributed by atoms with E-state index in [2.05, 4.69) is 20.6 Å². The third kappa shape index (κ3) is 6.07. The van der Waals surface area contributed by atoms with Gasteiger partial charge in [0.15, 0.2) is 5.82 Å². The van der Waals surface area contributed by atoms with Crippen molar-refractivity contribution in [1.82, 2.24) is 20.6 Å². The van der Waals surface area contributed by atoms with Gasteiger partial charge >= 0.3 is 5.97 Å². The monoisotopic (exact) mass is 372 g/mol. The number of carboxylic acids is 1. The Bertz CT molecular complexity index is 818. The van der Waals surface area contributed by atoms with Crippen LogP contribution < -0.4 is 10.6 Å². The first-order valence-corrected chi connectivity index (χ1v) is 8.25. The zero-order valence-electron chi connectivity index (χ0n) is 14.6. The molecule has 2 aromatic rings. The van der Waals surface area contributed by atoms with E-state index >= 15 is 0 Å². The van der Waals surface area contributed by atoms with Gasteiger partial charge in [0.1, 0.15) is 12.3 Å². The van der Waals surface area contributed by atoms with Crippen LogP contribution in [0, 0.1) is 0 Å². The Balaban J connectivity index is 1.91. The fourth-order valence-electron chi connectivity index (χ4n) is 2.34. The summed E-state index contributed by atoms with van der Waals surface area (Å²) in [5.74, 6) is -2.42. The molecule has 0 spiro atoms. The smallest absolute Gasteiger partial charge is 0.305 e. The van der Waals surface area contributed by atoms with Gasteiger partial charge in [0, 0.05) is 18.3 Å². The van der Waals surface area contributed by atoms with E-state index in [0.717, 1.165) is 11.3 Å². The van der Waals surface area contributed by atoms with E-state index in [9.17, 15) is 19.2 Å². The number of carbonyl (C=O) groups is 4. The van der Waals surface area contributed by atoms with Crippen molar-refractivity contribution in [3.8, 4) is 0 Å². The summed E-state index contributed by atoms with van der Waals surface area (Å²) in [4.78, 5) is 52.6. The predicted molar refractivity (Wildman–Crippen MR) is 95.0 cm³/mol. The summed E-state index contributed by atoms with van der Waals surface area (Å²) in [7, 11) is 0. The van der Waals surface area contributed by atoms with Crippen molar-refractivity contribution in [2.45, 2.75) is 31.8 Å². The van der Waals surface area contributed by atoms with E-state index in [1.54, 1.807) is 6.20 Å². The average Bonchev–Trinajstić information content (AvgIpc) is 3.10. The molecule has 2 rings (SSSR count). The summed E-state index contributed by atoms with van der Waals surface area (Å²) in [6, 6.07) is 7.51. The molecule has 4 N–H and O–H groups in total. The number of rotatable bonds is 9. The quantitative estimate of drug-likeness (QED) is 0.466. The molecular formula is C18H20N4O5. The summed E-state index contributed by atoms with van der Waals surface area (Å²) >= 11 is 0. The molecule has 0 aliphatic heterocycles. The number of aliphatic carboxylic acids is 1. The highest BCUT2D eigenvalue weighted by Crippen LogP contribution is 2.07. The Morgan fingerprint density at radius 2 is 1.93 bits per heavy atom. The van der Waals surface area contributed by atoms with Gasteiger partial charge in [-0.2, -0.15) is 0 Å². The summed E-state index contributed by atoms with van der Waals surface area (Å²) in [5.41, 5.74) is 1.80. The molecule has 1 heterocycles. The predicted octanol–water partition coefficient (Wildman–Crippen LogP) is 0.277. The molecule has 9 nitrogen and oxygen atoms in total. The Hall–Kier alpha value is -3.49. The van der Waals surface area contributed by atoms with Gasteiger partial charge < -0.3 is 25.5 Å². The molecule has 1 aromatic heterocycles. The number of amides is 2. The molecule has 0 radical (unpaired) electrons. The fraction of sp³-hybridized carbons (Fsp3) is 0.278. The second-order valence-corrected chi connectivity index (χ2v) is 5.96. The standard InChI is InChI=1S/C18H20N4O5/c1-11(17(26)22-14(10-23)8-15(24)25)20-18(27)16-19-9-13(21-16)7-12-5-3-2-4-6-12/h2-6,9-11,14H,7-8H2,1H3,(H,19,21)(H,20,27)(H,22,26)(H,24,25)/t11-,14?/m0/s1. The highest BCUT2D eigenvalue weighted by atomic mass is 16.4. The van der Waals surface area contributed by atoms with E-state index in [0.29, 0.717) is 12.7 Å². The van der Waals surface area contributed by atoms with Gasteiger partial charge in [-0.3, -0.25) is 14.4 Å². The van der Waals surface area contributed by atoms with E-state index in [1.165, 1.54) is 6.92 Å². The van der Waals surface area contributed by atoms with Crippen LogP contribution in [0.25, 0.3) is 0 Å². The molecule has 9 heteroatoms. The molecule has 2 amide bonds. The van der Waals surface area contributed by atoms with Crippen LogP contribution in [0.1, 0.15) is 35.2 Å². The number of hydrogen-bond acceptors (Lipinski definition) is 5. The van der Waals surface area contributed by atoms with Crippen LogP contribution in [0.5, 0.6) is 0 Å². The van der Waals surface area contributed by atoms with Crippen molar-refractivity contribution in [2.75, 3.05) is 0 Å². The highest BCUT2D eigenvalue weighted by molar-refractivity contribution is 5.95. The number of nitrogens with zero attached hydrogens (tertiary/aromatic N) is 1. The van der Waals surface area contributed by atoms with Crippen LogP contribution >= 0.6 is 0 Å². The number of aromatic nitrogens is 2. The minimum atomic E-state index is -1.22. The highest BCUT2D eigenvalue weighted by Gasteiger charge is 2.22. The van der Waals surface area contributed by atoms with Gasteiger partial charge in [-0.15, -0.1) is 0 Å². The molecule has 0 bridgehead atoms. The van der Waals surface area contributed by atoms with Crippen LogP contribution in [0.3, 0.4) is 0 Å². The van der Waals surface area contributed by atoms with Gasteiger partial charge in [-0.05, 0) is 12.5 Å². The molecule has 0 aliphatic carbocycles. The fourth-order valence-corrected chi connectivity index (χ4v) is 2.34. The number of benzene rings is 1. The van der Waals surface area contributed by atoms with Gasteiger partial charge in [-0.25, -0.2) is 4.98 Å². The van der Waals surface area contributed by atoms with Crippen molar-refractivity contribution in [1.29, 1.82) is 0 Å². The summed E-state index contributed by atoms with van der Waals surface area (Å²) < 4.78 is 0. The van der Waals surface area contributed by atoms with Crippen molar-refractivity contribution in [3.05, 3.63) is 53.6 Å². The van der Waals surface area contributed by atoms with E-state index in [4.69, 9.17) is 5.11 Å². The molecule has 1 aromatic carbocycles. The Morgan fingerprint density at radius 1 is 1.22 bits per heavy atom. The van der Waals surface area contributed by atoms with Gasteiger partial charge in [0.25, 0.3) is 5.91 Å². The lowest BCUT2D eigenvalue weighted by atomic mass is 10.1. The van der Waals surface area contributed by atoms with E-state index in [1.807, 2.05) is 30.3 Å². The lowest BCUT2D eigenvalue weighted by Crippen LogP contribution is -2.49. The maximum Gasteiger partial charge on any atom is 0.305 e. The minimum Gasteiger partial charge on any atom is -0.481 e. The van der Waals surface area contributed by atoms with Gasteiger partial charge in [0.05, 0.1) is 12.5 Å². The van der Waals surface area contributed by atoms with Crippen LogP contribution in [-0.2, 0) is 20.8 Å². The Morgan fingerprint density at radius 3 is 2.56 bits per heavy atom. The maximum atomic E-state index is 12.2. The maximum absolute atomic E-state index is 12.2. The van der Waals surface area contributed by atoms with Crippen molar-refractivity contribution >= 4 is 24.1 Å². The number of aromatic amines is 1. The number of carboxylic acid groups (broad SMARTS) is 1. The van der Waals surface area contributed by atoms with Crippen LogP contribution in [0.2, 0.25) is 0 Å². The summed E-state index contributed by atoms with van der Waals surface area (Å²) in [6.45, 7) is 1.42. The van der Waals surface area contributed by atoms with Crippen LogP contribution in [-0.4, -0.2) is 51.2 Å². The number of imidazole rings is 1. The van der Waals surface area contributed by atoms with E-state index < -0.39 is 36.3 Å². The first kappa shape index (κ1) is 19.8. The molecule has 0 aliphatic rings. The number of nitrogens with one attached hydrogen (secondary N) is 3. The van der Waals surface area contributed by atoms with Crippen molar-refractivity contribution < 1.29 is 24.3 Å². The number of aldehydes is 1. The molecule has 0 fully saturated rings. The zero-order valence-corrected chi connectivity index (χ0v) is 14.6. The lowest BCUT2D eigenvalue weighted by Gasteiger charge is -2.16. The Kier molecular flexibility index (Phi) is 6.81. The first-order valence-electron chi connectivity index (χ1n) is 8.25. The third-order valence-electron chi connectivity index (χ3n) is 3.71. The lowest BCUT2D eigenvalue weighted by molar-refractivity contribution is -0.138. The minimum absolute atomic E-state index is 0.0538. The first-order chi connectivity index (χ1) is 12.9. The second kappa shape index (κ2) is 9.27. The molecule has 142 valence electrons. The van der Waals surface area contributed by atoms with Crippen LogP contribution in [0.4, 0.5) is 0 Å². The largest absolute Gasteiger partial charge is 0.481 e. The third-order valence-corrected chi connectivity index (χ3v) is 3.71.